The molecule has 0 aliphatic rings. The van der Waals surface area contributed by atoms with Crippen molar-refractivity contribution >= 4 is 23.2 Å². The van der Waals surface area contributed by atoms with Gasteiger partial charge >= 0.3 is 5.97 Å². The first-order valence-corrected chi connectivity index (χ1v) is 13.7. The zero-order chi connectivity index (χ0) is 25.9. The largest absolute Gasteiger partial charge is 0.465 e. The van der Waals surface area contributed by atoms with Crippen LogP contribution in [-0.4, -0.2) is 30.7 Å². The van der Waals surface area contributed by atoms with Gasteiger partial charge in [0.1, 0.15) is 5.82 Å². The Morgan fingerprint density at radius 2 is 1.34 bits per heavy atom. The van der Waals surface area contributed by atoms with Crippen LogP contribution < -0.4 is 5.32 Å². The second kappa shape index (κ2) is 19.0. The number of hydrogen-bond donors (Lipinski definition) is 1. The summed E-state index contributed by atoms with van der Waals surface area (Å²) in [6, 6.07) is 4.15. The molecule has 0 radical (unpaired) electrons. The molecule has 1 aromatic carbocycles. The number of nitrogens with one attached hydrogen (secondary N) is 1. The SMILES string of the molecule is CCCCCCCCCCCCCCCCNc1ccc(C(=O)C(C(C)=O)C(=O)OCC)c(F)c1. The minimum absolute atomic E-state index is 0.0422. The number of ketones is 2. The van der Waals surface area contributed by atoms with Crippen molar-refractivity contribution in [3.05, 3.63) is 29.6 Å². The number of halogens is 1. The van der Waals surface area contributed by atoms with Gasteiger partial charge in [-0.3, -0.25) is 14.4 Å². The molecule has 0 amide bonds. The van der Waals surface area contributed by atoms with Crippen LogP contribution in [-0.2, 0) is 14.3 Å². The van der Waals surface area contributed by atoms with Crippen molar-refractivity contribution in [3.63, 3.8) is 0 Å². The molecule has 0 heterocycles. The number of carbonyl (C=O) groups is 3. The topological polar surface area (TPSA) is 72.5 Å². The van der Waals surface area contributed by atoms with E-state index in [-0.39, 0.29) is 12.2 Å². The van der Waals surface area contributed by atoms with E-state index in [0.717, 1.165) is 26.3 Å². The van der Waals surface area contributed by atoms with Gasteiger partial charge in [-0.05, 0) is 38.5 Å². The average Bonchev–Trinajstić information content (AvgIpc) is 2.81. The van der Waals surface area contributed by atoms with E-state index < -0.39 is 29.3 Å². The molecule has 0 fully saturated rings. The molecule has 198 valence electrons. The van der Waals surface area contributed by atoms with Gasteiger partial charge in [0.15, 0.2) is 17.5 Å². The molecule has 1 N–H and O–H groups in total. The van der Waals surface area contributed by atoms with E-state index in [9.17, 15) is 18.8 Å². The second-order valence-corrected chi connectivity index (χ2v) is 9.38. The third kappa shape index (κ3) is 12.9. The molecule has 0 saturated carbocycles. The van der Waals surface area contributed by atoms with Crippen LogP contribution in [0.5, 0.6) is 0 Å². The van der Waals surface area contributed by atoms with Crippen molar-refractivity contribution in [1.82, 2.24) is 0 Å². The third-order valence-electron chi connectivity index (χ3n) is 6.29. The lowest BCUT2D eigenvalue weighted by molar-refractivity contribution is -0.148. The van der Waals surface area contributed by atoms with Crippen molar-refractivity contribution in [3.8, 4) is 0 Å². The van der Waals surface area contributed by atoms with E-state index in [4.69, 9.17) is 4.74 Å². The van der Waals surface area contributed by atoms with Crippen LogP contribution in [0.25, 0.3) is 0 Å². The Labute approximate surface area is 211 Å². The zero-order valence-corrected chi connectivity index (χ0v) is 22.1. The van der Waals surface area contributed by atoms with Gasteiger partial charge in [0, 0.05) is 12.2 Å². The predicted molar refractivity (Wildman–Crippen MR) is 140 cm³/mol. The van der Waals surface area contributed by atoms with Crippen LogP contribution in [0.2, 0.25) is 0 Å². The Balaban J connectivity index is 2.22. The summed E-state index contributed by atoms with van der Waals surface area (Å²) >= 11 is 0. The van der Waals surface area contributed by atoms with E-state index >= 15 is 0 Å². The molecular weight excluding hydrogens is 445 g/mol. The first-order valence-electron chi connectivity index (χ1n) is 13.7. The van der Waals surface area contributed by atoms with Crippen molar-refractivity contribution in [2.24, 2.45) is 5.92 Å². The molecule has 0 spiro atoms. The normalized spacial score (nSPS) is 11.8. The maximum Gasteiger partial charge on any atom is 0.324 e. The maximum atomic E-state index is 14.5. The van der Waals surface area contributed by atoms with Crippen molar-refractivity contribution < 1.29 is 23.5 Å². The summed E-state index contributed by atoms with van der Waals surface area (Å²) in [7, 11) is 0. The lowest BCUT2D eigenvalue weighted by Crippen LogP contribution is -2.32. The molecule has 1 unspecified atom stereocenters. The van der Waals surface area contributed by atoms with Crippen LogP contribution in [0.1, 0.15) is 121 Å². The van der Waals surface area contributed by atoms with Crippen LogP contribution in [0.3, 0.4) is 0 Å². The molecule has 0 bridgehead atoms. The fraction of sp³-hybridized carbons (Fsp3) is 0.690. The Hall–Kier alpha value is -2.24. The number of carbonyl (C=O) groups excluding carboxylic acids is 3. The van der Waals surface area contributed by atoms with Crippen LogP contribution in [0, 0.1) is 11.7 Å². The van der Waals surface area contributed by atoms with Gasteiger partial charge in [-0.25, -0.2) is 4.39 Å². The van der Waals surface area contributed by atoms with Crippen molar-refractivity contribution in [2.45, 2.75) is 111 Å². The van der Waals surface area contributed by atoms with Gasteiger partial charge in [0.05, 0.1) is 12.2 Å². The molecule has 1 rings (SSSR count). The molecular formula is C29H46FNO4. The number of Topliss-reactive ketones (excluding diaryl/α,β-unsaturated/α-hetero) is 2. The predicted octanol–water partition coefficient (Wildman–Crippen LogP) is 7.67. The van der Waals surface area contributed by atoms with Gasteiger partial charge < -0.3 is 10.1 Å². The second-order valence-electron chi connectivity index (χ2n) is 9.38. The average molecular weight is 492 g/mol. The number of unbranched alkanes of at least 4 members (excludes halogenated alkanes) is 13. The first kappa shape index (κ1) is 30.8. The van der Waals surface area contributed by atoms with E-state index in [2.05, 4.69) is 12.2 Å². The highest BCUT2D eigenvalue weighted by molar-refractivity contribution is 6.22. The number of hydrogen-bond acceptors (Lipinski definition) is 5. The molecule has 35 heavy (non-hydrogen) atoms. The number of esters is 1. The fourth-order valence-electron chi connectivity index (χ4n) is 4.22. The summed E-state index contributed by atoms with van der Waals surface area (Å²) in [4.78, 5) is 36.3. The Morgan fingerprint density at radius 1 is 0.829 bits per heavy atom. The minimum Gasteiger partial charge on any atom is -0.465 e. The summed E-state index contributed by atoms with van der Waals surface area (Å²) in [6.07, 6.45) is 18.2. The van der Waals surface area contributed by atoms with E-state index in [1.807, 2.05) is 0 Å². The van der Waals surface area contributed by atoms with Crippen molar-refractivity contribution in [2.75, 3.05) is 18.5 Å². The molecule has 0 saturated heterocycles. The Morgan fingerprint density at radius 3 is 1.80 bits per heavy atom. The number of benzene rings is 1. The zero-order valence-electron chi connectivity index (χ0n) is 22.1. The molecule has 0 aromatic heterocycles. The number of rotatable bonds is 21. The molecule has 1 aromatic rings. The van der Waals surface area contributed by atoms with E-state index in [1.165, 1.54) is 89.2 Å². The lowest BCUT2D eigenvalue weighted by atomic mass is 9.94. The summed E-state index contributed by atoms with van der Waals surface area (Å²) in [5, 5.41) is 3.18. The fourth-order valence-corrected chi connectivity index (χ4v) is 4.22. The van der Waals surface area contributed by atoms with E-state index in [0.29, 0.717) is 5.69 Å². The third-order valence-corrected chi connectivity index (χ3v) is 6.29. The van der Waals surface area contributed by atoms with Gasteiger partial charge in [-0.2, -0.15) is 0 Å². The Bertz CT molecular complexity index is 765. The monoisotopic (exact) mass is 491 g/mol. The standard InChI is InChI=1S/C29H46FNO4/c1-4-6-7-8-9-10-11-12-13-14-15-16-17-18-21-31-24-19-20-25(26(30)22-24)28(33)27(23(3)32)29(34)35-5-2/h19-20,22,27,31H,4-18,21H2,1-3H3. The van der Waals surface area contributed by atoms with Gasteiger partial charge in [0.25, 0.3) is 0 Å². The van der Waals surface area contributed by atoms with Gasteiger partial charge in [-0.1, -0.05) is 90.4 Å². The molecule has 6 heteroatoms. The quantitative estimate of drug-likeness (QED) is 0.0826. The highest BCUT2D eigenvalue weighted by atomic mass is 19.1. The molecule has 0 aliphatic carbocycles. The molecule has 5 nitrogen and oxygen atoms in total. The minimum atomic E-state index is -1.63. The summed E-state index contributed by atoms with van der Waals surface area (Å²) < 4.78 is 19.3. The highest BCUT2D eigenvalue weighted by Crippen LogP contribution is 2.20. The van der Waals surface area contributed by atoms with Crippen molar-refractivity contribution in [1.29, 1.82) is 0 Å². The van der Waals surface area contributed by atoms with Crippen LogP contribution >= 0.6 is 0 Å². The van der Waals surface area contributed by atoms with Gasteiger partial charge in [-0.15, -0.1) is 0 Å². The van der Waals surface area contributed by atoms with Crippen LogP contribution in [0.4, 0.5) is 10.1 Å². The van der Waals surface area contributed by atoms with Gasteiger partial charge in [0.2, 0.25) is 0 Å². The molecule has 0 aliphatic heterocycles. The lowest BCUT2D eigenvalue weighted by Gasteiger charge is -2.13. The summed E-state index contributed by atoms with van der Waals surface area (Å²) in [5.41, 5.74) is 0.296. The highest BCUT2D eigenvalue weighted by Gasteiger charge is 2.34. The van der Waals surface area contributed by atoms with Crippen LogP contribution in [0.15, 0.2) is 18.2 Å². The van der Waals surface area contributed by atoms with E-state index in [1.54, 1.807) is 13.0 Å². The number of anilines is 1. The summed E-state index contributed by atoms with van der Waals surface area (Å²) in [6.45, 7) is 5.73. The summed E-state index contributed by atoms with van der Waals surface area (Å²) in [5.74, 6) is -4.85. The maximum absolute atomic E-state index is 14.5. The number of ether oxygens (including phenoxy) is 1. The molecule has 1 atom stereocenters. The Kier molecular flexibility index (Phi) is 16.7. The smallest absolute Gasteiger partial charge is 0.324 e. The first-order chi connectivity index (χ1) is 16.9.